The topological polar surface area (TPSA) is 46.3 Å². The van der Waals surface area contributed by atoms with E-state index in [-0.39, 0.29) is 17.9 Å². The number of amides is 1. The predicted octanol–water partition coefficient (Wildman–Crippen LogP) is 3.31. The molecule has 0 bridgehead atoms. The normalized spacial score (nSPS) is 17.6. The molecular weight excluding hydrogens is 316 g/mol. The lowest BCUT2D eigenvalue weighted by Gasteiger charge is -2.28. The van der Waals surface area contributed by atoms with Gasteiger partial charge in [-0.1, -0.05) is 54.4 Å². The Morgan fingerprint density at radius 1 is 1.45 bits per heavy atom. The van der Waals surface area contributed by atoms with Crippen LogP contribution in [0.5, 0.6) is 0 Å². The first-order valence-electron chi connectivity index (χ1n) is 7.34. The van der Waals surface area contributed by atoms with E-state index >= 15 is 0 Å². The molecule has 1 saturated carbocycles. The first-order chi connectivity index (χ1) is 9.54. The van der Waals surface area contributed by atoms with E-state index in [2.05, 4.69) is 28.9 Å². The second-order valence-corrected chi connectivity index (χ2v) is 6.55. The van der Waals surface area contributed by atoms with Crippen molar-refractivity contribution >= 4 is 21.8 Å². The first kappa shape index (κ1) is 15.5. The molecule has 1 unspecified atom stereocenters. The Labute approximate surface area is 129 Å². The molecule has 1 aromatic carbocycles. The fourth-order valence-electron chi connectivity index (χ4n) is 2.27. The number of benzene rings is 1. The maximum absolute atomic E-state index is 12.6. The maximum atomic E-state index is 12.6. The summed E-state index contributed by atoms with van der Waals surface area (Å²) in [6.07, 6.45) is 3.13. The highest BCUT2D eigenvalue weighted by atomic mass is 79.9. The van der Waals surface area contributed by atoms with Crippen LogP contribution in [-0.4, -0.2) is 22.9 Å². The number of carbonyl (C=O) groups excluding carboxylic acids is 1. The molecule has 0 aliphatic heterocycles. The standard InChI is InChI=1S/C16H23BrN2O/c1-3-11(2)15(18)16(20)19(13-8-9-13)10-12-6-4-5-7-14(12)17/h4-7,11,13,15H,3,8-10,18H2,1-2H3/t11?,15-/m0/s1. The largest absolute Gasteiger partial charge is 0.334 e. The lowest BCUT2D eigenvalue weighted by molar-refractivity contribution is -0.135. The number of nitrogens with zero attached hydrogens (tertiary/aromatic N) is 1. The van der Waals surface area contributed by atoms with Crippen molar-refractivity contribution in [3.8, 4) is 0 Å². The Kier molecular flexibility index (Phi) is 5.22. The summed E-state index contributed by atoms with van der Waals surface area (Å²) in [5.41, 5.74) is 7.27. The van der Waals surface area contributed by atoms with E-state index in [0.29, 0.717) is 12.6 Å². The van der Waals surface area contributed by atoms with Gasteiger partial charge in [-0.2, -0.15) is 0 Å². The maximum Gasteiger partial charge on any atom is 0.240 e. The van der Waals surface area contributed by atoms with Crippen LogP contribution < -0.4 is 5.73 Å². The molecule has 4 heteroatoms. The molecule has 110 valence electrons. The number of hydrogen-bond acceptors (Lipinski definition) is 2. The molecule has 2 rings (SSSR count). The number of halogens is 1. The average molecular weight is 339 g/mol. The predicted molar refractivity (Wildman–Crippen MR) is 85.1 cm³/mol. The number of carbonyl (C=O) groups is 1. The van der Waals surface area contributed by atoms with Crippen molar-refractivity contribution in [2.75, 3.05) is 0 Å². The van der Waals surface area contributed by atoms with Crippen molar-refractivity contribution in [2.24, 2.45) is 11.7 Å². The van der Waals surface area contributed by atoms with Gasteiger partial charge in [0.05, 0.1) is 6.04 Å². The van der Waals surface area contributed by atoms with E-state index in [1.165, 1.54) is 0 Å². The molecule has 0 aromatic heterocycles. The molecule has 1 aliphatic rings. The van der Waals surface area contributed by atoms with Crippen molar-refractivity contribution in [3.63, 3.8) is 0 Å². The molecule has 0 saturated heterocycles. The van der Waals surface area contributed by atoms with Crippen LogP contribution in [0.3, 0.4) is 0 Å². The third-order valence-corrected chi connectivity index (χ3v) is 4.89. The van der Waals surface area contributed by atoms with Crippen LogP contribution in [-0.2, 0) is 11.3 Å². The van der Waals surface area contributed by atoms with E-state index in [0.717, 1.165) is 29.3 Å². The lowest BCUT2D eigenvalue weighted by Crippen LogP contribution is -2.47. The molecule has 2 atom stereocenters. The second kappa shape index (κ2) is 6.72. The summed E-state index contributed by atoms with van der Waals surface area (Å²) < 4.78 is 1.05. The molecule has 0 heterocycles. The van der Waals surface area contributed by atoms with Crippen LogP contribution in [0, 0.1) is 5.92 Å². The zero-order valence-corrected chi connectivity index (χ0v) is 13.8. The van der Waals surface area contributed by atoms with Crippen LogP contribution in [0.25, 0.3) is 0 Å². The highest BCUT2D eigenvalue weighted by Crippen LogP contribution is 2.31. The smallest absolute Gasteiger partial charge is 0.240 e. The minimum atomic E-state index is -0.386. The van der Waals surface area contributed by atoms with Gasteiger partial charge in [-0.25, -0.2) is 0 Å². The zero-order chi connectivity index (χ0) is 14.7. The van der Waals surface area contributed by atoms with E-state index in [1.54, 1.807) is 0 Å². The van der Waals surface area contributed by atoms with Gasteiger partial charge < -0.3 is 10.6 Å². The third-order valence-electron chi connectivity index (χ3n) is 4.11. The summed E-state index contributed by atoms with van der Waals surface area (Å²) >= 11 is 3.55. The average Bonchev–Trinajstić information content (AvgIpc) is 3.28. The molecule has 1 aliphatic carbocycles. The minimum Gasteiger partial charge on any atom is -0.334 e. The first-order valence-corrected chi connectivity index (χ1v) is 8.13. The highest BCUT2D eigenvalue weighted by Gasteiger charge is 2.36. The molecular formula is C16H23BrN2O. The summed E-state index contributed by atoms with van der Waals surface area (Å²) in [6, 6.07) is 8.06. The van der Waals surface area contributed by atoms with Gasteiger partial charge in [0.15, 0.2) is 0 Å². The van der Waals surface area contributed by atoms with Crippen molar-refractivity contribution in [1.82, 2.24) is 4.90 Å². The fraction of sp³-hybridized carbons (Fsp3) is 0.562. The molecule has 0 spiro atoms. The summed E-state index contributed by atoms with van der Waals surface area (Å²) in [4.78, 5) is 14.6. The van der Waals surface area contributed by atoms with E-state index in [9.17, 15) is 4.79 Å². The molecule has 1 aromatic rings. The minimum absolute atomic E-state index is 0.0950. The van der Waals surface area contributed by atoms with Crippen LogP contribution in [0.2, 0.25) is 0 Å². The van der Waals surface area contributed by atoms with E-state index < -0.39 is 0 Å². The summed E-state index contributed by atoms with van der Waals surface area (Å²) in [6.45, 7) is 4.77. The molecule has 2 N–H and O–H groups in total. The van der Waals surface area contributed by atoms with Crippen LogP contribution in [0.15, 0.2) is 28.7 Å². The number of hydrogen-bond donors (Lipinski definition) is 1. The zero-order valence-electron chi connectivity index (χ0n) is 12.2. The third kappa shape index (κ3) is 3.61. The van der Waals surface area contributed by atoms with E-state index in [4.69, 9.17) is 5.73 Å². The quantitative estimate of drug-likeness (QED) is 0.864. The molecule has 1 amide bonds. The molecule has 3 nitrogen and oxygen atoms in total. The van der Waals surface area contributed by atoms with Gasteiger partial charge in [0.1, 0.15) is 0 Å². The van der Waals surface area contributed by atoms with Crippen molar-refractivity contribution in [1.29, 1.82) is 0 Å². The Morgan fingerprint density at radius 3 is 2.65 bits per heavy atom. The fourth-order valence-corrected chi connectivity index (χ4v) is 2.68. The van der Waals surface area contributed by atoms with Crippen molar-refractivity contribution < 1.29 is 4.79 Å². The number of nitrogens with two attached hydrogens (primary N) is 1. The second-order valence-electron chi connectivity index (χ2n) is 5.70. The van der Waals surface area contributed by atoms with Gasteiger partial charge in [-0.3, -0.25) is 4.79 Å². The Hall–Kier alpha value is -0.870. The van der Waals surface area contributed by atoms with E-state index in [1.807, 2.05) is 30.0 Å². The summed E-state index contributed by atoms with van der Waals surface area (Å²) in [5.74, 6) is 0.320. The summed E-state index contributed by atoms with van der Waals surface area (Å²) in [5, 5.41) is 0. The number of rotatable bonds is 6. The molecule has 0 radical (unpaired) electrons. The van der Waals surface area contributed by atoms with Crippen LogP contribution in [0.1, 0.15) is 38.7 Å². The molecule has 20 heavy (non-hydrogen) atoms. The summed E-state index contributed by atoms with van der Waals surface area (Å²) in [7, 11) is 0. The van der Waals surface area contributed by atoms with Gasteiger partial charge in [0, 0.05) is 17.1 Å². The Bertz CT molecular complexity index is 473. The monoisotopic (exact) mass is 338 g/mol. The van der Waals surface area contributed by atoms with Crippen molar-refractivity contribution in [2.45, 2.75) is 51.7 Å². The lowest BCUT2D eigenvalue weighted by atomic mass is 9.98. The van der Waals surface area contributed by atoms with Crippen LogP contribution >= 0.6 is 15.9 Å². The van der Waals surface area contributed by atoms with Crippen LogP contribution in [0.4, 0.5) is 0 Å². The highest BCUT2D eigenvalue weighted by molar-refractivity contribution is 9.10. The van der Waals surface area contributed by atoms with Gasteiger partial charge in [-0.05, 0) is 30.4 Å². The van der Waals surface area contributed by atoms with Gasteiger partial charge >= 0.3 is 0 Å². The van der Waals surface area contributed by atoms with Crippen molar-refractivity contribution in [3.05, 3.63) is 34.3 Å². The van der Waals surface area contributed by atoms with Gasteiger partial charge in [-0.15, -0.1) is 0 Å². The molecule has 1 fully saturated rings. The SMILES string of the molecule is CCC(C)[C@H](N)C(=O)N(Cc1ccccc1Br)C1CC1. The van der Waals surface area contributed by atoms with Gasteiger partial charge in [0.25, 0.3) is 0 Å². The van der Waals surface area contributed by atoms with Gasteiger partial charge in [0.2, 0.25) is 5.91 Å². The Balaban J connectivity index is 2.12. The Morgan fingerprint density at radius 2 is 2.10 bits per heavy atom.